The SMILES string of the molecule is Cc1cccc(C(=O)N2[C@H](C(=O)O)COC23CCC(C)CC3)c1. The summed E-state index contributed by atoms with van der Waals surface area (Å²) < 4.78 is 5.91. The average Bonchev–Trinajstić information content (AvgIpc) is 2.89. The summed E-state index contributed by atoms with van der Waals surface area (Å²) in [6.07, 6.45) is 3.30. The van der Waals surface area contributed by atoms with Crippen LogP contribution >= 0.6 is 0 Å². The highest BCUT2D eigenvalue weighted by Gasteiger charge is 2.53. The fraction of sp³-hybridized carbons (Fsp3) is 0.556. The van der Waals surface area contributed by atoms with E-state index in [1.165, 1.54) is 4.90 Å². The third kappa shape index (κ3) is 2.85. The lowest BCUT2D eigenvalue weighted by atomic mass is 9.83. The van der Waals surface area contributed by atoms with Crippen LogP contribution in [0.1, 0.15) is 48.5 Å². The number of carboxylic acids is 1. The van der Waals surface area contributed by atoms with E-state index < -0.39 is 17.7 Å². The average molecular weight is 317 g/mol. The van der Waals surface area contributed by atoms with Crippen LogP contribution in [0.2, 0.25) is 0 Å². The third-order valence-electron chi connectivity index (χ3n) is 5.09. The normalized spacial score (nSPS) is 30.6. The molecule has 0 aromatic heterocycles. The molecule has 1 N–H and O–H groups in total. The number of benzene rings is 1. The molecule has 0 bridgehead atoms. The number of aliphatic carboxylic acids is 1. The van der Waals surface area contributed by atoms with Gasteiger partial charge in [-0.05, 0) is 50.7 Å². The smallest absolute Gasteiger partial charge is 0.328 e. The van der Waals surface area contributed by atoms with Crippen LogP contribution in [-0.4, -0.2) is 40.3 Å². The molecule has 1 aromatic carbocycles. The Kier molecular flexibility index (Phi) is 4.15. The maximum Gasteiger partial charge on any atom is 0.328 e. The fourth-order valence-corrected chi connectivity index (χ4v) is 3.69. The molecule has 1 spiro atoms. The largest absolute Gasteiger partial charge is 0.480 e. The van der Waals surface area contributed by atoms with Crippen molar-refractivity contribution >= 4 is 11.9 Å². The maximum atomic E-state index is 13.1. The first-order valence-corrected chi connectivity index (χ1v) is 8.20. The van der Waals surface area contributed by atoms with Crippen LogP contribution in [0.5, 0.6) is 0 Å². The molecule has 1 aliphatic carbocycles. The third-order valence-corrected chi connectivity index (χ3v) is 5.09. The lowest BCUT2D eigenvalue weighted by molar-refractivity contribution is -0.143. The van der Waals surface area contributed by atoms with Gasteiger partial charge >= 0.3 is 5.97 Å². The zero-order valence-corrected chi connectivity index (χ0v) is 13.6. The van der Waals surface area contributed by atoms with Crippen molar-refractivity contribution < 1.29 is 19.4 Å². The Morgan fingerprint density at radius 2 is 2.00 bits per heavy atom. The first-order chi connectivity index (χ1) is 10.9. The molecule has 5 heteroatoms. The summed E-state index contributed by atoms with van der Waals surface area (Å²) in [6.45, 7) is 4.18. The molecule has 0 unspecified atom stereocenters. The minimum Gasteiger partial charge on any atom is -0.480 e. The highest BCUT2D eigenvalue weighted by molar-refractivity contribution is 5.97. The number of hydrogen-bond donors (Lipinski definition) is 1. The van der Waals surface area contributed by atoms with Crippen LogP contribution < -0.4 is 0 Å². The Bertz CT molecular complexity index is 619. The van der Waals surface area contributed by atoms with Crippen molar-refractivity contribution in [1.29, 1.82) is 0 Å². The van der Waals surface area contributed by atoms with E-state index >= 15 is 0 Å². The molecule has 2 aliphatic rings. The molecular formula is C18H23NO4. The van der Waals surface area contributed by atoms with E-state index in [2.05, 4.69) is 6.92 Å². The van der Waals surface area contributed by atoms with Crippen LogP contribution in [0, 0.1) is 12.8 Å². The summed E-state index contributed by atoms with van der Waals surface area (Å²) in [6, 6.07) is 6.38. The van der Waals surface area contributed by atoms with Crippen molar-refractivity contribution in [3.63, 3.8) is 0 Å². The molecule has 1 amide bonds. The van der Waals surface area contributed by atoms with E-state index in [9.17, 15) is 14.7 Å². The lowest BCUT2D eigenvalue weighted by Gasteiger charge is -2.42. The molecular weight excluding hydrogens is 294 g/mol. The Hall–Kier alpha value is -1.88. The second-order valence-electron chi connectivity index (χ2n) is 6.84. The van der Waals surface area contributed by atoms with Gasteiger partial charge in [-0.1, -0.05) is 24.6 Å². The van der Waals surface area contributed by atoms with Gasteiger partial charge in [0.1, 0.15) is 5.72 Å². The van der Waals surface area contributed by atoms with Crippen molar-refractivity contribution in [3.8, 4) is 0 Å². The summed E-state index contributed by atoms with van der Waals surface area (Å²) in [5.41, 5.74) is 0.755. The topological polar surface area (TPSA) is 66.8 Å². The number of amides is 1. The van der Waals surface area contributed by atoms with Gasteiger partial charge in [0.2, 0.25) is 0 Å². The van der Waals surface area contributed by atoms with Crippen LogP contribution in [-0.2, 0) is 9.53 Å². The molecule has 23 heavy (non-hydrogen) atoms. The van der Waals surface area contributed by atoms with Crippen LogP contribution in [0.15, 0.2) is 24.3 Å². The Balaban J connectivity index is 1.96. The van der Waals surface area contributed by atoms with Crippen molar-refractivity contribution in [3.05, 3.63) is 35.4 Å². The molecule has 3 rings (SSSR count). The molecule has 1 aliphatic heterocycles. The zero-order chi connectivity index (χ0) is 16.6. The van der Waals surface area contributed by atoms with E-state index in [0.29, 0.717) is 24.3 Å². The number of aryl methyl sites for hydroxylation is 1. The van der Waals surface area contributed by atoms with Crippen LogP contribution in [0.4, 0.5) is 0 Å². The molecule has 1 heterocycles. The van der Waals surface area contributed by atoms with E-state index in [-0.39, 0.29) is 12.5 Å². The predicted octanol–water partition coefficient (Wildman–Crippen LogP) is 2.83. The first kappa shape index (κ1) is 16.0. The van der Waals surface area contributed by atoms with Gasteiger partial charge < -0.3 is 9.84 Å². The molecule has 1 saturated carbocycles. The van der Waals surface area contributed by atoms with E-state index in [0.717, 1.165) is 18.4 Å². The van der Waals surface area contributed by atoms with E-state index in [4.69, 9.17) is 4.74 Å². The van der Waals surface area contributed by atoms with Crippen LogP contribution in [0.3, 0.4) is 0 Å². The van der Waals surface area contributed by atoms with Gasteiger partial charge in [-0.3, -0.25) is 9.69 Å². The molecule has 0 radical (unpaired) electrons. The summed E-state index contributed by atoms with van der Waals surface area (Å²) in [7, 11) is 0. The Labute approximate surface area is 136 Å². The lowest BCUT2D eigenvalue weighted by Crippen LogP contribution is -2.55. The monoisotopic (exact) mass is 317 g/mol. The van der Waals surface area contributed by atoms with Crippen molar-refractivity contribution in [2.45, 2.75) is 51.3 Å². The highest BCUT2D eigenvalue weighted by atomic mass is 16.5. The Morgan fingerprint density at radius 1 is 1.30 bits per heavy atom. The minimum atomic E-state index is -0.999. The van der Waals surface area contributed by atoms with E-state index in [1.54, 1.807) is 12.1 Å². The van der Waals surface area contributed by atoms with Gasteiger partial charge in [-0.15, -0.1) is 0 Å². The number of ether oxygens (including phenoxy) is 1. The summed E-state index contributed by atoms with van der Waals surface area (Å²) >= 11 is 0. The van der Waals surface area contributed by atoms with Gasteiger partial charge in [0.25, 0.3) is 5.91 Å². The molecule has 1 atom stereocenters. The van der Waals surface area contributed by atoms with E-state index in [1.807, 2.05) is 19.1 Å². The standard InChI is InChI=1S/C18H23NO4/c1-12-6-8-18(9-7-12)19(15(11-23-18)17(21)22)16(20)14-5-3-4-13(2)10-14/h3-5,10,12,15H,6-9,11H2,1-2H3,(H,21,22)/t12?,15-,18?/m0/s1. The number of nitrogens with zero attached hydrogens (tertiary/aromatic N) is 1. The van der Waals surface area contributed by atoms with Crippen molar-refractivity contribution in [2.24, 2.45) is 5.92 Å². The van der Waals surface area contributed by atoms with Gasteiger partial charge in [0.05, 0.1) is 6.61 Å². The maximum absolute atomic E-state index is 13.1. The minimum absolute atomic E-state index is 0.0707. The molecule has 2 fully saturated rings. The van der Waals surface area contributed by atoms with Gasteiger partial charge in [0, 0.05) is 5.56 Å². The zero-order valence-electron chi connectivity index (χ0n) is 13.6. The second-order valence-corrected chi connectivity index (χ2v) is 6.84. The first-order valence-electron chi connectivity index (χ1n) is 8.20. The van der Waals surface area contributed by atoms with Gasteiger partial charge in [0.15, 0.2) is 6.04 Å². The van der Waals surface area contributed by atoms with Gasteiger partial charge in [-0.2, -0.15) is 0 Å². The van der Waals surface area contributed by atoms with Gasteiger partial charge in [-0.25, -0.2) is 4.79 Å². The number of hydrogen-bond acceptors (Lipinski definition) is 3. The summed E-state index contributed by atoms with van der Waals surface area (Å²) in [5.74, 6) is -0.654. The second kappa shape index (κ2) is 5.96. The predicted molar refractivity (Wildman–Crippen MR) is 85.1 cm³/mol. The summed E-state index contributed by atoms with van der Waals surface area (Å²) in [5, 5.41) is 9.53. The quantitative estimate of drug-likeness (QED) is 0.911. The molecule has 5 nitrogen and oxygen atoms in total. The molecule has 1 aromatic rings. The number of rotatable bonds is 2. The fourth-order valence-electron chi connectivity index (χ4n) is 3.69. The number of carbonyl (C=O) groups excluding carboxylic acids is 1. The Morgan fingerprint density at radius 3 is 2.61 bits per heavy atom. The number of carbonyl (C=O) groups is 2. The molecule has 124 valence electrons. The number of carboxylic acid groups (broad SMARTS) is 1. The summed E-state index contributed by atoms with van der Waals surface area (Å²) in [4.78, 5) is 26.2. The molecule has 1 saturated heterocycles. The highest BCUT2D eigenvalue weighted by Crippen LogP contribution is 2.43. The van der Waals surface area contributed by atoms with Crippen molar-refractivity contribution in [2.75, 3.05) is 6.61 Å². The van der Waals surface area contributed by atoms with Crippen LogP contribution in [0.25, 0.3) is 0 Å². The van der Waals surface area contributed by atoms with Crippen molar-refractivity contribution in [1.82, 2.24) is 4.90 Å².